The molecule has 0 aliphatic rings. The predicted molar refractivity (Wildman–Crippen MR) is 75.9 cm³/mol. The van der Waals surface area contributed by atoms with Crippen LogP contribution in [0.4, 0.5) is 0 Å². The second kappa shape index (κ2) is 6.21. The smallest absolute Gasteiger partial charge is 0.326 e. The van der Waals surface area contributed by atoms with Gasteiger partial charge in [-0.3, -0.25) is 4.79 Å². The summed E-state index contributed by atoms with van der Waals surface area (Å²) in [4.78, 5) is 27.2. The van der Waals surface area contributed by atoms with E-state index >= 15 is 0 Å². The van der Waals surface area contributed by atoms with Gasteiger partial charge in [-0.25, -0.2) is 9.78 Å². The van der Waals surface area contributed by atoms with E-state index in [0.717, 1.165) is 5.56 Å². The summed E-state index contributed by atoms with van der Waals surface area (Å²) >= 11 is 0. The van der Waals surface area contributed by atoms with Gasteiger partial charge in [0.15, 0.2) is 0 Å². The normalized spacial score (nSPS) is 11.9. The maximum absolute atomic E-state index is 12.1. The van der Waals surface area contributed by atoms with Gasteiger partial charge in [0.2, 0.25) is 11.7 Å². The molecular weight excluding hydrogens is 272 g/mol. The fourth-order valence-electron chi connectivity index (χ4n) is 1.87. The SMILES string of the molecule is CCC(NC(=O)c1oc(-c2ccccc2)nc1C)C(=O)O. The number of carboxylic acids is 1. The molecule has 6 heteroatoms. The Balaban J connectivity index is 2.23. The fourth-order valence-corrected chi connectivity index (χ4v) is 1.87. The van der Waals surface area contributed by atoms with Crippen LogP contribution < -0.4 is 5.32 Å². The molecule has 0 saturated carbocycles. The molecule has 1 atom stereocenters. The fraction of sp³-hybridized carbons (Fsp3) is 0.267. The van der Waals surface area contributed by atoms with Crippen LogP contribution in [-0.4, -0.2) is 28.0 Å². The van der Waals surface area contributed by atoms with Crippen molar-refractivity contribution in [1.82, 2.24) is 10.3 Å². The van der Waals surface area contributed by atoms with Gasteiger partial charge in [0.1, 0.15) is 6.04 Å². The molecule has 1 aromatic heterocycles. The number of hydrogen-bond donors (Lipinski definition) is 2. The van der Waals surface area contributed by atoms with Crippen molar-refractivity contribution in [3.63, 3.8) is 0 Å². The number of carboxylic acid groups (broad SMARTS) is 1. The first-order valence-electron chi connectivity index (χ1n) is 6.59. The molecule has 1 unspecified atom stereocenters. The standard InChI is InChI=1S/C15H16N2O4/c1-3-11(15(19)20)17-13(18)12-9(2)16-14(21-12)10-7-5-4-6-8-10/h4-8,11H,3H2,1-2H3,(H,17,18)(H,19,20). The minimum atomic E-state index is -1.08. The van der Waals surface area contributed by atoms with Gasteiger partial charge >= 0.3 is 5.97 Å². The van der Waals surface area contributed by atoms with E-state index < -0.39 is 17.9 Å². The Labute approximate surface area is 121 Å². The molecule has 110 valence electrons. The van der Waals surface area contributed by atoms with Crippen molar-refractivity contribution in [3.05, 3.63) is 41.8 Å². The van der Waals surface area contributed by atoms with E-state index in [2.05, 4.69) is 10.3 Å². The lowest BCUT2D eigenvalue weighted by atomic mass is 10.2. The summed E-state index contributed by atoms with van der Waals surface area (Å²) in [6, 6.07) is 8.24. The molecule has 0 spiro atoms. The molecule has 0 bridgehead atoms. The molecule has 2 rings (SSSR count). The van der Waals surface area contributed by atoms with Crippen molar-refractivity contribution in [2.75, 3.05) is 0 Å². The van der Waals surface area contributed by atoms with Crippen molar-refractivity contribution in [3.8, 4) is 11.5 Å². The minimum absolute atomic E-state index is 0.0357. The van der Waals surface area contributed by atoms with Gasteiger partial charge in [-0.15, -0.1) is 0 Å². The van der Waals surface area contributed by atoms with Crippen LogP contribution in [0.2, 0.25) is 0 Å². The lowest BCUT2D eigenvalue weighted by molar-refractivity contribution is -0.139. The number of aromatic nitrogens is 1. The van der Waals surface area contributed by atoms with Gasteiger partial charge < -0.3 is 14.8 Å². The number of aryl methyl sites for hydroxylation is 1. The van der Waals surface area contributed by atoms with Crippen molar-refractivity contribution < 1.29 is 19.1 Å². The number of carbonyl (C=O) groups excluding carboxylic acids is 1. The molecule has 0 fully saturated rings. The number of oxazole rings is 1. The first-order chi connectivity index (χ1) is 10.0. The van der Waals surface area contributed by atoms with E-state index in [4.69, 9.17) is 9.52 Å². The molecule has 21 heavy (non-hydrogen) atoms. The number of amides is 1. The Morgan fingerprint density at radius 1 is 1.33 bits per heavy atom. The lowest BCUT2D eigenvalue weighted by Crippen LogP contribution is -2.40. The Hall–Kier alpha value is -2.63. The first-order valence-corrected chi connectivity index (χ1v) is 6.59. The van der Waals surface area contributed by atoms with Gasteiger partial charge in [0.25, 0.3) is 5.91 Å². The summed E-state index contributed by atoms with van der Waals surface area (Å²) < 4.78 is 5.47. The number of rotatable bonds is 5. The Kier molecular flexibility index (Phi) is 4.37. The summed E-state index contributed by atoms with van der Waals surface area (Å²) in [7, 11) is 0. The zero-order chi connectivity index (χ0) is 15.4. The largest absolute Gasteiger partial charge is 0.480 e. The van der Waals surface area contributed by atoms with E-state index in [1.807, 2.05) is 30.3 Å². The Morgan fingerprint density at radius 2 is 2.00 bits per heavy atom. The van der Waals surface area contributed by atoms with Gasteiger partial charge in [-0.05, 0) is 25.5 Å². The summed E-state index contributed by atoms with van der Waals surface area (Å²) in [5.74, 6) is -1.28. The third-order valence-electron chi connectivity index (χ3n) is 3.04. The molecule has 0 saturated heterocycles. The Bertz CT molecular complexity index is 649. The topological polar surface area (TPSA) is 92.4 Å². The van der Waals surface area contributed by atoms with Crippen molar-refractivity contribution in [2.45, 2.75) is 26.3 Å². The number of carbonyl (C=O) groups is 2. The van der Waals surface area contributed by atoms with Crippen LogP contribution >= 0.6 is 0 Å². The number of aliphatic carboxylic acids is 1. The molecule has 2 N–H and O–H groups in total. The second-order valence-electron chi connectivity index (χ2n) is 4.57. The highest BCUT2D eigenvalue weighted by atomic mass is 16.4. The van der Waals surface area contributed by atoms with Crippen LogP contribution in [0.25, 0.3) is 11.5 Å². The number of benzene rings is 1. The number of nitrogens with one attached hydrogen (secondary N) is 1. The average Bonchev–Trinajstić information content (AvgIpc) is 2.87. The minimum Gasteiger partial charge on any atom is -0.480 e. The highest BCUT2D eigenvalue weighted by molar-refractivity contribution is 5.95. The number of nitrogens with zero attached hydrogens (tertiary/aromatic N) is 1. The van der Waals surface area contributed by atoms with Crippen molar-refractivity contribution >= 4 is 11.9 Å². The molecule has 1 aromatic carbocycles. The van der Waals surface area contributed by atoms with Gasteiger partial charge in [-0.1, -0.05) is 25.1 Å². The van der Waals surface area contributed by atoms with Crippen LogP contribution in [0, 0.1) is 6.92 Å². The summed E-state index contributed by atoms with van der Waals surface area (Å²) in [6.07, 6.45) is 0.291. The maximum Gasteiger partial charge on any atom is 0.326 e. The van der Waals surface area contributed by atoms with Gasteiger partial charge in [0, 0.05) is 5.56 Å². The molecule has 0 radical (unpaired) electrons. The summed E-state index contributed by atoms with van der Waals surface area (Å²) in [5, 5.41) is 11.4. The second-order valence-corrected chi connectivity index (χ2v) is 4.57. The quantitative estimate of drug-likeness (QED) is 0.880. The zero-order valence-corrected chi connectivity index (χ0v) is 11.8. The third kappa shape index (κ3) is 3.28. The van der Waals surface area contributed by atoms with Crippen LogP contribution in [0.1, 0.15) is 29.6 Å². The predicted octanol–water partition coefficient (Wildman–Crippen LogP) is 2.24. The molecule has 1 amide bonds. The first kappa shape index (κ1) is 14.8. The van der Waals surface area contributed by atoms with E-state index in [0.29, 0.717) is 18.0 Å². The Morgan fingerprint density at radius 3 is 2.57 bits per heavy atom. The molecule has 2 aromatic rings. The molecule has 6 nitrogen and oxygen atoms in total. The molecular formula is C15H16N2O4. The summed E-state index contributed by atoms with van der Waals surface area (Å²) in [5.41, 5.74) is 1.18. The van der Waals surface area contributed by atoms with Crippen molar-refractivity contribution in [1.29, 1.82) is 0 Å². The van der Waals surface area contributed by atoms with Crippen LogP contribution in [-0.2, 0) is 4.79 Å². The molecule has 1 heterocycles. The zero-order valence-electron chi connectivity index (χ0n) is 11.8. The van der Waals surface area contributed by atoms with Crippen LogP contribution in [0.15, 0.2) is 34.7 Å². The van der Waals surface area contributed by atoms with E-state index in [9.17, 15) is 9.59 Å². The molecule has 0 aliphatic carbocycles. The third-order valence-corrected chi connectivity index (χ3v) is 3.04. The van der Waals surface area contributed by atoms with Crippen LogP contribution in [0.3, 0.4) is 0 Å². The highest BCUT2D eigenvalue weighted by Gasteiger charge is 2.23. The highest BCUT2D eigenvalue weighted by Crippen LogP contribution is 2.21. The number of hydrogen-bond acceptors (Lipinski definition) is 4. The maximum atomic E-state index is 12.1. The average molecular weight is 288 g/mol. The van der Waals surface area contributed by atoms with E-state index in [1.54, 1.807) is 13.8 Å². The summed E-state index contributed by atoms with van der Waals surface area (Å²) in [6.45, 7) is 3.33. The van der Waals surface area contributed by atoms with E-state index in [1.165, 1.54) is 0 Å². The van der Waals surface area contributed by atoms with Crippen LogP contribution in [0.5, 0.6) is 0 Å². The molecule has 0 aliphatic heterocycles. The van der Waals surface area contributed by atoms with Crippen molar-refractivity contribution in [2.24, 2.45) is 0 Å². The van der Waals surface area contributed by atoms with Gasteiger partial charge in [0.05, 0.1) is 5.69 Å². The van der Waals surface area contributed by atoms with E-state index in [-0.39, 0.29) is 5.76 Å². The monoisotopic (exact) mass is 288 g/mol. The lowest BCUT2D eigenvalue weighted by Gasteiger charge is -2.10. The van der Waals surface area contributed by atoms with Gasteiger partial charge in [-0.2, -0.15) is 0 Å².